The third-order valence-corrected chi connectivity index (χ3v) is 4.29. The van der Waals surface area contributed by atoms with Crippen molar-refractivity contribution < 1.29 is 19.8 Å². The molecule has 0 amide bonds. The fourth-order valence-electron chi connectivity index (χ4n) is 2.81. The summed E-state index contributed by atoms with van der Waals surface area (Å²) >= 11 is 0. The maximum absolute atomic E-state index is 12.0. The van der Waals surface area contributed by atoms with E-state index in [2.05, 4.69) is 6.92 Å². The van der Waals surface area contributed by atoms with Crippen LogP contribution in [0.3, 0.4) is 0 Å². The van der Waals surface area contributed by atoms with Crippen molar-refractivity contribution in [1.29, 1.82) is 0 Å². The van der Waals surface area contributed by atoms with Crippen LogP contribution in [0.2, 0.25) is 0 Å². The Kier molecular flexibility index (Phi) is 10.0. The van der Waals surface area contributed by atoms with Crippen molar-refractivity contribution >= 4 is 11.8 Å². The largest absolute Gasteiger partial charge is 0.481 e. The number of allylic oxidation sites excluding steroid dienone is 5. The van der Waals surface area contributed by atoms with Gasteiger partial charge in [-0.3, -0.25) is 9.59 Å². The Morgan fingerprint density at radius 2 is 2.08 bits per heavy atom. The first-order valence-corrected chi connectivity index (χ1v) is 8.99. The van der Waals surface area contributed by atoms with Gasteiger partial charge in [-0.05, 0) is 31.8 Å². The zero-order valence-electron chi connectivity index (χ0n) is 14.6. The maximum atomic E-state index is 12.0. The predicted molar refractivity (Wildman–Crippen MR) is 95.7 cm³/mol. The highest BCUT2D eigenvalue weighted by Crippen LogP contribution is 2.27. The molecule has 0 aromatic heterocycles. The van der Waals surface area contributed by atoms with E-state index in [0.717, 1.165) is 32.1 Å². The Labute approximate surface area is 145 Å². The lowest BCUT2D eigenvalue weighted by atomic mass is 9.90. The van der Waals surface area contributed by atoms with E-state index in [1.165, 1.54) is 0 Å². The lowest BCUT2D eigenvalue weighted by Gasteiger charge is -2.13. The van der Waals surface area contributed by atoms with Crippen molar-refractivity contribution in [1.82, 2.24) is 0 Å². The number of carboxylic acid groups (broad SMARTS) is 1. The second kappa shape index (κ2) is 11.8. The summed E-state index contributed by atoms with van der Waals surface area (Å²) in [5, 5.41) is 18.5. The highest BCUT2D eigenvalue weighted by molar-refractivity contribution is 5.95. The molecule has 0 bridgehead atoms. The van der Waals surface area contributed by atoms with Gasteiger partial charge in [0, 0.05) is 18.3 Å². The minimum Gasteiger partial charge on any atom is -0.481 e. The molecule has 0 aliphatic heterocycles. The molecule has 0 aromatic rings. The molecule has 0 saturated heterocycles. The molecule has 2 N–H and O–H groups in total. The van der Waals surface area contributed by atoms with E-state index in [-0.39, 0.29) is 24.0 Å². The second-order valence-corrected chi connectivity index (χ2v) is 6.39. The molecule has 1 aliphatic rings. The molecule has 4 nitrogen and oxygen atoms in total. The van der Waals surface area contributed by atoms with E-state index >= 15 is 0 Å². The van der Waals surface area contributed by atoms with Crippen LogP contribution in [-0.2, 0) is 9.59 Å². The van der Waals surface area contributed by atoms with Gasteiger partial charge >= 0.3 is 5.97 Å². The highest BCUT2D eigenvalue weighted by atomic mass is 16.4. The molecular formula is C20H30O4. The van der Waals surface area contributed by atoms with Gasteiger partial charge < -0.3 is 10.2 Å². The van der Waals surface area contributed by atoms with Gasteiger partial charge in [0.05, 0.1) is 6.10 Å². The molecule has 1 aliphatic carbocycles. The summed E-state index contributed by atoms with van der Waals surface area (Å²) in [6.45, 7) is 2.14. The topological polar surface area (TPSA) is 74.6 Å². The molecule has 4 heteroatoms. The minimum atomic E-state index is -0.777. The second-order valence-electron chi connectivity index (χ2n) is 6.39. The number of aliphatic carboxylic acids is 1. The number of ketones is 1. The fraction of sp³-hybridized carbons (Fsp3) is 0.600. The van der Waals surface area contributed by atoms with E-state index in [1.807, 2.05) is 30.4 Å². The number of carbonyl (C=O) groups excluding carboxylic acids is 1. The summed E-state index contributed by atoms with van der Waals surface area (Å²) in [4.78, 5) is 22.4. The average Bonchev–Trinajstić information content (AvgIpc) is 2.89. The normalized spacial score (nSPS) is 22.0. The smallest absolute Gasteiger partial charge is 0.303 e. The number of aliphatic hydroxyl groups is 1. The maximum Gasteiger partial charge on any atom is 0.303 e. The van der Waals surface area contributed by atoms with Crippen LogP contribution in [0.15, 0.2) is 36.5 Å². The van der Waals surface area contributed by atoms with Crippen LogP contribution in [0.25, 0.3) is 0 Å². The minimum absolute atomic E-state index is 0.0435. The standard InChI is InChI=1S/C20H30O4/c1-2-3-6-9-17(21)14-12-16-13-15-19(22)18(16)10-7-4-5-8-11-20(23)24/h4,7,12-18,21H,2-3,5-6,8-11H2,1H3,(H,23,24)/b7-4+,14-12+/t16-,17?,18-/m0/s1. The van der Waals surface area contributed by atoms with Crippen molar-refractivity contribution in [2.24, 2.45) is 11.8 Å². The molecule has 0 saturated carbocycles. The average molecular weight is 334 g/mol. The first kappa shape index (κ1) is 20.4. The van der Waals surface area contributed by atoms with Crippen LogP contribution in [0.1, 0.15) is 58.3 Å². The number of unbranched alkanes of at least 4 members (excludes halogenated alkanes) is 3. The first-order valence-electron chi connectivity index (χ1n) is 8.99. The van der Waals surface area contributed by atoms with Gasteiger partial charge in [-0.2, -0.15) is 0 Å². The molecule has 24 heavy (non-hydrogen) atoms. The molecule has 3 atom stereocenters. The summed E-state index contributed by atoms with van der Waals surface area (Å²) in [6.07, 6.45) is 17.0. The zero-order chi connectivity index (χ0) is 17.8. The first-order chi connectivity index (χ1) is 11.5. The number of carbonyl (C=O) groups is 2. The lowest BCUT2D eigenvalue weighted by Crippen LogP contribution is -2.14. The highest BCUT2D eigenvalue weighted by Gasteiger charge is 2.27. The van der Waals surface area contributed by atoms with Crippen LogP contribution in [0, 0.1) is 11.8 Å². The Hall–Kier alpha value is -1.68. The van der Waals surface area contributed by atoms with E-state index in [4.69, 9.17) is 5.11 Å². The van der Waals surface area contributed by atoms with Gasteiger partial charge in [0.2, 0.25) is 0 Å². The monoisotopic (exact) mass is 334 g/mol. The zero-order valence-corrected chi connectivity index (χ0v) is 14.6. The van der Waals surface area contributed by atoms with Crippen LogP contribution in [0.5, 0.6) is 0 Å². The molecule has 0 radical (unpaired) electrons. The third kappa shape index (κ3) is 8.25. The van der Waals surface area contributed by atoms with E-state index in [9.17, 15) is 14.7 Å². The summed E-state index contributed by atoms with van der Waals surface area (Å²) in [7, 11) is 0. The Balaban J connectivity index is 2.38. The van der Waals surface area contributed by atoms with Crippen molar-refractivity contribution in [2.45, 2.75) is 64.4 Å². The summed E-state index contributed by atoms with van der Waals surface area (Å²) in [5.41, 5.74) is 0. The molecular weight excluding hydrogens is 304 g/mol. The van der Waals surface area contributed by atoms with Gasteiger partial charge in [-0.25, -0.2) is 0 Å². The van der Waals surface area contributed by atoms with Gasteiger partial charge in [-0.15, -0.1) is 0 Å². The summed E-state index contributed by atoms with van der Waals surface area (Å²) in [6, 6.07) is 0. The summed E-state index contributed by atoms with van der Waals surface area (Å²) in [5.74, 6) is -0.705. The summed E-state index contributed by atoms with van der Waals surface area (Å²) < 4.78 is 0. The Bertz CT molecular complexity index is 476. The molecule has 0 heterocycles. The van der Waals surface area contributed by atoms with Crippen molar-refractivity contribution in [2.75, 3.05) is 0 Å². The SMILES string of the molecule is CCCCCC(O)/C=C/[C@H]1C=CC(=O)[C@H]1C/C=C/CCCC(=O)O. The van der Waals surface area contributed by atoms with Crippen LogP contribution in [0.4, 0.5) is 0 Å². The van der Waals surface area contributed by atoms with Crippen molar-refractivity contribution in [3.8, 4) is 0 Å². The van der Waals surface area contributed by atoms with Gasteiger partial charge in [0.1, 0.15) is 0 Å². The fourth-order valence-corrected chi connectivity index (χ4v) is 2.81. The molecule has 1 rings (SSSR count). The van der Waals surface area contributed by atoms with E-state index in [0.29, 0.717) is 12.8 Å². The number of rotatable bonds is 12. The van der Waals surface area contributed by atoms with Crippen molar-refractivity contribution in [3.05, 3.63) is 36.5 Å². The van der Waals surface area contributed by atoms with E-state index in [1.54, 1.807) is 6.08 Å². The number of hydrogen-bond acceptors (Lipinski definition) is 3. The van der Waals surface area contributed by atoms with Crippen LogP contribution in [-0.4, -0.2) is 28.1 Å². The number of carboxylic acids is 1. The van der Waals surface area contributed by atoms with E-state index < -0.39 is 12.1 Å². The quantitative estimate of drug-likeness (QED) is 0.417. The lowest BCUT2D eigenvalue weighted by molar-refractivity contribution is -0.137. The third-order valence-electron chi connectivity index (χ3n) is 4.29. The Morgan fingerprint density at radius 1 is 1.29 bits per heavy atom. The molecule has 1 unspecified atom stereocenters. The van der Waals surface area contributed by atoms with Gasteiger partial charge in [-0.1, -0.05) is 56.6 Å². The predicted octanol–water partition coefficient (Wildman–Crippen LogP) is 4.06. The number of hydrogen-bond donors (Lipinski definition) is 2. The van der Waals surface area contributed by atoms with Gasteiger partial charge in [0.25, 0.3) is 0 Å². The molecule has 0 fully saturated rings. The molecule has 0 aromatic carbocycles. The van der Waals surface area contributed by atoms with Gasteiger partial charge in [0.15, 0.2) is 5.78 Å². The van der Waals surface area contributed by atoms with Crippen LogP contribution >= 0.6 is 0 Å². The molecule has 134 valence electrons. The van der Waals surface area contributed by atoms with Crippen LogP contribution < -0.4 is 0 Å². The number of aliphatic hydroxyl groups excluding tert-OH is 1. The van der Waals surface area contributed by atoms with Crippen molar-refractivity contribution in [3.63, 3.8) is 0 Å². The molecule has 0 spiro atoms. The Morgan fingerprint density at radius 3 is 2.79 bits per heavy atom.